The van der Waals surface area contributed by atoms with Crippen molar-refractivity contribution in [3.8, 4) is 10.6 Å². The lowest BCUT2D eigenvalue weighted by molar-refractivity contribution is 0.123. The first kappa shape index (κ1) is 9.21. The Balaban J connectivity index is 2.33. The largest absolute Gasteiger partial charge is 0.454 e. The smallest absolute Gasteiger partial charge is 0.295 e. The van der Waals surface area contributed by atoms with Gasteiger partial charge in [0.15, 0.2) is 5.76 Å². The Hall–Kier alpha value is -1.36. The van der Waals surface area contributed by atoms with Crippen molar-refractivity contribution in [2.45, 2.75) is 6.43 Å². The van der Waals surface area contributed by atoms with E-state index in [0.29, 0.717) is 11.4 Å². The number of anilines is 1. The van der Waals surface area contributed by atoms with E-state index in [9.17, 15) is 8.78 Å². The molecule has 14 heavy (non-hydrogen) atoms. The van der Waals surface area contributed by atoms with Crippen LogP contribution < -0.4 is 5.73 Å². The molecular formula is C9H7F2NOS. The van der Waals surface area contributed by atoms with Crippen molar-refractivity contribution in [3.05, 3.63) is 29.3 Å². The molecule has 0 saturated carbocycles. The number of hydrogen-bond donors (Lipinski definition) is 1. The molecular weight excluding hydrogens is 208 g/mol. The Morgan fingerprint density at radius 1 is 1.36 bits per heavy atom. The van der Waals surface area contributed by atoms with Crippen LogP contribution in [0.5, 0.6) is 0 Å². The predicted molar refractivity (Wildman–Crippen MR) is 51.4 cm³/mol. The van der Waals surface area contributed by atoms with E-state index >= 15 is 0 Å². The summed E-state index contributed by atoms with van der Waals surface area (Å²) in [5, 5.41) is 1.74. The molecule has 0 aliphatic heterocycles. The van der Waals surface area contributed by atoms with E-state index in [4.69, 9.17) is 10.2 Å². The first-order chi connectivity index (χ1) is 6.66. The molecule has 0 aliphatic rings. The van der Waals surface area contributed by atoms with E-state index in [1.54, 1.807) is 11.4 Å². The quantitative estimate of drug-likeness (QED) is 0.832. The molecule has 2 aromatic heterocycles. The summed E-state index contributed by atoms with van der Waals surface area (Å²) in [7, 11) is 0. The van der Waals surface area contributed by atoms with Gasteiger partial charge in [-0.05, 0) is 18.2 Å². The van der Waals surface area contributed by atoms with Gasteiger partial charge in [0.2, 0.25) is 0 Å². The van der Waals surface area contributed by atoms with Crippen LogP contribution in [0.1, 0.15) is 12.2 Å². The summed E-state index contributed by atoms with van der Waals surface area (Å²) >= 11 is 1.36. The van der Waals surface area contributed by atoms with Gasteiger partial charge in [0, 0.05) is 11.1 Å². The van der Waals surface area contributed by atoms with Gasteiger partial charge >= 0.3 is 0 Å². The molecule has 74 valence electrons. The standard InChI is InChI=1S/C9H7F2NOS/c10-9(11)7-2-1-6(13-7)8-3-5(12)4-14-8/h1-4,9H,12H2. The van der Waals surface area contributed by atoms with Crippen molar-refractivity contribution >= 4 is 17.0 Å². The molecule has 0 bridgehead atoms. The lowest BCUT2D eigenvalue weighted by Gasteiger charge is -1.92. The number of hydrogen-bond acceptors (Lipinski definition) is 3. The van der Waals surface area contributed by atoms with Gasteiger partial charge < -0.3 is 10.2 Å². The van der Waals surface area contributed by atoms with Crippen molar-refractivity contribution in [1.82, 2.24) is 0 Å². The zero-order valence-corrected chi connectivity index (χ0v) is 7.85. The number of halogens is 2. The van der Waals surface area contributed by atoms with Gasteiger partial charge in [0.05, 0.1) is 4.88 Å². The monoisotopic (exact) mass is 215 g/mol. The van der Waals surface area contributed by atoms with Crippen LogP contribution in [0, 0.1) is 0 Å². The van der Waals surface area contributed by atoms with Crippen LogP contribution >= 0.6 is 11.3 Å². The summed E-state index contributed by atoms with van der Waals surface area (Å²) in [5.41, 5.74) is 6.11. The fourth-order valence-corrected chi connectivity index (χ4v) is 1.84. The molecule has 0 saturated heterocycles. The first-order valence-electron chi connectivity index (χ1n) is 3.89. The molecule has 2 aromatic rings. The van der Waals surface area contributed by atoms with Crippen molar-refractivity contribution in [3.63, 3.8) is 0 Å². The van der Waals surface area contributed by atoms with Gasteiger partial charge in [0.25, 0.3) is 6.43 Å². The summed E-state index contributed by atoms with van der Waals surface area (Å²) in [6.45, 7) is 0. The van der Waals surface area contributed by atoms with Crippen LogP contribution in [0.4, 0.5) is 14.5 Å². The second kappa shape index (κ2) is 3.42. The van der Waals surface area contributed by atoms with E-state index in [1.165, 1.54) is 23.5 Å². The van der Waals surface area contributed by atoms with E-state index in [-0.39, 0.29) is 5.76 Å². The van der Waals surface area contributed by atoms with Crippen molar-refractivity contribution in [2.75, 3.05) is 5.73 Å². The highest BCUT2D eigenvalue weighted by atomic mass is 32.1. The summed E-state index contributed by atoms with van der Waals surface area (Å²) < 4.78 is 29.3. The van der Waals surface area contributed by atoms with Crippen molar-refractivity contribution < 1.29 is 13.2 Å². The van der Waals surface area contributed by atoms with Crippen LogP contribution in [0.2, 0.25) is 0 Å². The van der Waals surface area contributed by atoms with Crippen LogP contribution in [0.25, 0.3) is 10.6 Å². The Morgan fingerprint density at radius 3 is 2.64 bits per heavy atom. The zero-order valence-electron chi connectivity index (χ0n) is 7.04. The number of nitrogens with two attached hydrogens (primary N) is 1. The number of rotatable bonds is 2. The fraction of sp³-hybridized carbons (Fsp3) is 0.111. The third-order valence-electron chi connectivity index (χ3n) is 1.70. The van der Waals surface area contributed by atoms with Crippen LogP contribution in [0.15, 0.2) is 28.0 Å². The molecule has 0 spiro atoms. The lowest BCUT2D eigenvalue weighted by Crippen LogP contribution is -1.76. The molecule has 0 fully saturated rings. The zero-order chi connectivity index (χ0) is 10.1. The predicted octanol–water partition coefficient (Wildman–Crippen LogP) is 3.53. The second-order valence-electron chi connectivity index (χ2n) is 2.75. The van der Waals surface area contributed by atoms with E-state index < -0.39 is 6.43 Å². The molecule has 0 amide bonds. The molecule has 2 nitrogen and oxygen atoms in total. The van der Waals surface area contributed by atoms with E-state index in [2.05, 4.69) is 0 Å². The Labute approximate surface area is 83.0 Å². The minimum atomic E-state index is -2.57. The molecule has 0 unspecified atom stereocenters. The third-order valence-corrected chi connectivity index (χ3v) is 2.67. The molecule has 0 radical (unpaired) electrons. The highest BCUT2D eigenvalue weighted by molar-refractivity contribution is 7.14. The maximum absolute atomic E-state index is 12.2. The van der Waals surface area contributed by atoms with E-state index in [1.807, 2.05) is 0 Å². The Bertz CT molecular complexity index is 435. The fourth-order valence-electron chi connectivity index (χ4n) is 1.08. The lowest BCUT2D eigenvalue weighted by atomic mass is 10.3. The summed E-state index contributed by atoms with van der Waals surface area (Å²) in [6, 6.07) is 4.49. The minimum absolute atomic E-state index is 0.313. The van der Waals surface area contributed by atoms with Crippen LogP contribution in [-0.4, -0.2) is 0 Å². The van der Waals surface area contributed by atoms with Crippen LogP contribution in [-0.2, 0) is 0 Å². The molecule has 5 heteroatoms. The maximum atomic E-state index is 12.2. The molecule has 2 rings (SSSR count). The molecule has 0 atom stereocenters. The average molecular weight is 215 g/mol. The highest BCUT2D eigenvalue weighted by Gasteiger charge is 2.13. The third kappa shape index (κ3) is 1.63. The summed E-state index contributed by atoms with van der Waals surface area (Å²) in [5.74, 6) is 0.119. The van der Waals surface area contributed by atoms with Gasteiger partial charge in [-0.15, -0.1) is 11.3 Å². The normalized spacial score (nSPS) is 11.1. The number of furan rings is 1. The topological polar surface area (TPSA) is 39.2 Å². The van der Waals surface area contributed by atoms with Gasteiger partial charge in [-0.2, -0.15) is 0 Å². The average Bonchev–Trinajstić information content (AvgIpc) is 2.70. The number of alkyl halides is 2. The molecule has 2 heterocycles. The van der Waals surface area contributed by atoms with Gasteiger partial charge in [-0.25, -0.2) is 8.78 Å². The second-order valence-corrected chi connectivity index (χ2v) is 3.66. The maximum Gasteiger partial charge on any atom is 0.295 e. The number of nitrogen functional groups attached to an aromatic ring is 1. The Morgan fingerprint density at radius 2 is 2.14 bits per heavy atom. The SMILES string of the molecule is Nc1csc(-c2ccc(C(F)F)o2)c1. The molecule has 0 aromatic carbocycles. The van der Waals surface area contributed by atoms with Gasteiger partial charge in [-0.1, -0.05) is 0 Å². The van der Waals surface area contributed by atoms with Crippen molar-refractivity contribution in [2.24, 2.45) is 0 Å². The molecule has 0 aliphatic carbocycles. The van der Waals surface area contributed by atoms with Crippen molar-refractivity contribution in [1.29, 1.82) is 0 Å². The first-order valence-corrected chi connectivity index (χ1v) is 4.77. The van der Waals surface area contributed by atoms with E-state index in [0.717, 1.165) is 4.88 Å². The Kier molecular flexibility index (Phi) is 2.25. The summed E-state index contributed by atoms with van der Waals surface area (Å²) in [6.07, 6.45) is -2.57. The minimum Gasteiger partial charge on any atom is -0.454 e. The highest BCUT2D eigenvalue weighted by Crippen LogP contribution is 2.32. The number of thiophene rings is 1. The van der Waals surface area contributed by atoms with Gasteiger partial charge in [0.1, 0.15) is 5.76 Å². The van der Waals surface area contributed by atoms with Crippen LogP contribution in [0.3, 0.4) is 0 Å². The molecule has 2 N–H and O–H groups in total. The summed E-state index contributed by atoms with van der Waals surface area (Å²) in [4.78, 5) is 0.759. The van der Waals surface area contributed by atoms with Gasteiger partial charge in [-0.3, -0.25) is 0 Å².